The molecule has 0 unspecified atom stereocenters. The second-order valence-corrected chi connectivity index (χ2v) is 5.02. The highest BCUT2D eigenvalue weighted by Gasteiger charge is 2.08. The number of carboxylic acids is 1. The number of ether oxygens (including phenoxy) is 2. The number of benzene rings is 2. The Morgan fingerprint density at radius 2 is 1.79 bits per heavy atom. The zero-order valence-electron chi connectivity index (χ0n) is 13.2. The van der Waals surface area contributed by atoms with E-state index in [0.717, 1.165) is 11.3 Å². The van der Waals surface area contributed by atoms with Crippen molar-refractivity contribution in [3.05, 3.63) is 65.2 Å². The summed E-state index contributed by atoms with van der Waals surface area (Å²) in [6.07, 6.45) is 1.29. The molecule has 0 bridgehead atoms. The number of nitrogens with zero attached hydrogens (tertiary/aromatic N) is 1. The molecule has 0 aromatic heterocycles. The van der Waals surface area contributed by atoms with Crippen LogP contribution in [0.1, 0.15) is 11.1 Å². The van der Waals surface area contributed by atoms with Crippen molar-refractivity contribution in [2.45, 2.75) is 6.92 Å². The summed E-state index contributed by atoms with van der Waals surface area (Å²) < 4.78 is 11.2. The van der Waals surface area contributed by atoms with Gasteiger partial charge >= 0.3 is 5.97 Å². The van der Waals surface area contributed by atoms with Gasteiger partial charge in [0.2, 0.25) is 0 Å². The molecule has 0 aliphatic heterocycles. The monoisotopic (exact) mass is 323 g/mol. The Bertz CT molecular complexity index is 773. The van der Waals surface area contributed by atoms with Crippen molar-refractivity contribution in [3.8, 4) is 17.6 Å². The zero-order chi connectivity index (χ0) is 17.4. The van der Waals surface area contributed by atoms with E-state index >= 15 is 0 Å². The van der Waals surface area contributed by atoms with Crippen LogP contribution in [0, 0.1) is 18.3 Å². The normalized spacial score (nSPS) is 10.8. The van der Waals surface area contributed by atoms with Crippen LogP contribution in [0.15, 0.2) is 54.1 Å². The fourth-order valence-corrected chi connectivity index (χ4v) is 1.97. The van der Waals surface area contributed by atoms with Gasteiger partial charge < -0.3 is 14.6 Å². The van der Waals surface area contributed by atoms with Crippen molar-refractivity contribution < 1.29 is 19.4 Å². The van der Waals surface area contributed by atoms with E-state index in [0.29, 0.717) is 24.5 Å². The number of aliphatic carboxylic acids is 1. The average Bonchev–Trinajstić information content (AvgIpc) is 2.59. The molecule has 5 nitrogen and oxygen atoms in total. The fourth-order valence-electron chi connectivity index (χ4n) is 1.97. The molecular weight excluding hydrogens is 306 g/mol. The first-order valence-corrected chi connectivity index (χ1v) is 7.36. The minimum absolute atomic E-state index is 0.299. The van der Waals surface area contributed by atoms with Gasteiger partial charge in [0.25, 0.3) is 0 Å². The Kier molecular flexibility index (Phi) is 5.98. The molecule has 2 rings (SSSR count). The minimum atomic E-state index is -1.27. The van der Waals surface area contributed by atoms with E-state index in [-0.39, 0.29) is 5.57 Å². The van der Waals surface area contributed by atoms with E-state index in [1.54, 1.807) is 30.3 Å². The van der Waals surface area contributed by atoms with Gasteiger partial charge in [0.05, 0.1) is 0 Å². The van der Waals surface area contributed by atoms with E-state index in [9.17, 15) is 4.79 Å². The van der Waals surface area contributed by atoms with Crippen molar-refractivity contribution in [1.82, 2.24) is 0 Å². The molecule has 0 aliphatic carbocycles. The Morgan fingerprint density at radius 1 is 1.12 bits per heavy atom. The Balaban J connectivity index is 1.97. The molecule has 0 saturated heterocycles. The van der Waals surface area contributed by atoms with Gasteiger partial charge in [-0.3, -0.25) is 0 Å². The predicted octanol–water partition coefficient (Wildman–Crippen LogP) is 3.44. The number of rotatable bonds is 7. The Hall–Kier alpha value is -3.26. The topological polar surface area (TPSA) is 79.5 Å². The van der Waals surface area contributed by atoms with Crippen molar-refractivity contribution in [3.63, 3.8) is 0 Å². The molecule has 122 valence electrons. The van der Waals surface area contributed by atoms with Crippen molar-refractivity contribution in [2.24, 2.45) is 0 Å². The second-order valence-electron chi connectivity index (χ2n) is 5.02. The lowest BCUT2D eigenvalue weighted by Crippen LogP contribution is -2.09. The molecule has 0 atom stereocenters. The summed E-state index contributed by atoms with van der Waals surface area (Å²) in [7, 11) is 0. The largest absolute Gasteiger partial charge is 0.490 e. The van der Waals surface area contributed by atoms with Gasteiger partial charge in [-0.2, -0.15) is 5.26 Å². The van der Waals surface area contributed by atoms with Crippen LogP contribution in [0.4, 0.5) is 0 Å². The van der Waals surface area contributed by atoms with E-state index in [2.05, 4.69) is 0 Å². The highest BCUT2D eigenvalue weighted by atomic mass is 16.5. The molecule has 0 fully saturated rings. The van der Waals surface area contributed by atoms with E-state index < -0.39 is 5.97 Å². The molecule has 2 aromatic rings. The van der Waals surface area contributed by atoms with Gasteiger partial charge in [0.15, 0.2) is 0 Å². The van der Waals surface area contributed by atoms with Gasteiger partial charge in [0.1, 0.15) is 36.4 Å². The Morgan fingerprint density at radius 3 is 2.46 bits per heavy atom. The fraction of sp³-hybridized carbons (Fsp3) is 0.158. The maximum absolute atomic E-state index is 10.9. The SMILES string of the molecule is Cc1ccc(OCCOc2ccccc2C=C(C#N)C(=O)O)cc1. The lowest BCUT2D eigenvalue weighted by atomic mass is 10.1. The van der Waals surface area contributed by atoms with Crippen LogP contribution in [-0.4, -0.2) is 24.3 Å². The molecule has 2 aromatic carbocycles. The van der Waals surface area contributed by atoms with Gasteiger partial charge in [-0.1, -0.05) is 35.9 Å². The number of aryl methyl sites for hydroxylation is 1. The first kappa shape index (κ1) is 17.1. The summed E-state index contributed by atoms with van der Waals surface area (Å²) in [6.45, 7) is 2.66. The summed E-state index contributed by atoms with van der Waals surface area (Å²) in [6, 6.07) is 16.3. The molecule has 0 saturated carbocycles. The molecule has 24 heavy (non-hydrogen) atoms. The van der Waals surface area contributed by atoms with Crippen LogP contribution in [0.3, 0.4) is 0 Å². The summed E-state index contributed by atoms with van der Waals surface area (Å²) >= 11 is 0. The van der Waals surface area contributed by atoms with Gasteiger partial charge in [-0.25, -0.2) is 4.79 Å². The third kappa shape index (κ3) is 4.89. The summed E-state index contributed by atoms with van der Waals surface area (Å²) in [5.74, 6) is -0.0101. The second kappa shape index (κ2) is 8.39. The van der Waals surface area contributed by atoms with Gasteiger partial charge in [0, 0.05) is 5.56 Å². The maximum Gasteiger partial charge on any atom is 0.346 e. The van der Waals surface area contributed by atoms with Crippen LogP contribution in [0.25, 0.3) is 6.08 Å². The summed E-state index contributed by atoms with van der Waals surface area (Å²) in [5.41, 5.74) is 1.35. The summed E-state index contributed by atoms with van der Waals surface area (Å²) in [4.78, 5) is 10.9. The highest BCUT2D eigenvalue weighted by molar-refractivity contribution is 5.96. The van der Waals surface area contributed by atoms with E-state index in [1.165, 1.54) is 6.08 Å². The number of carboxylic acid groups (broad SMARTS) is 1. The van der Waals surface area contributed by atoms with Crippen LogP contribution in [-0.2, 0) is 4.79 Å². The molecule has 0 amide bonds. The van der Waals surface area contributed by atoms with Crippen LogP contribution >= 0.6 is 0 Å². The van der Waals surface area contributed by atoms with Crippen LogP contribution in [0.5, 0.6) is 11.5 Å². The van der Waals surface area contributed by atoms with Crippen LogP contribution < -0.4 is 9.47 Å². The number of carbonyl (C=O) groups is 1. The van der Waals surface area contributed by atoms with Crippen molar-refractivity contribution in [1.29, 1.82) is 5.26 Å². The smallest absolute Gasteiger partial charge is 0.346 e. The number of hydrogen-bond donors (Lipinski definition) is 1. The van der Waals surface area contributed by atoms with E-state index in [1.807, 2.05) is 31.2 Å². The molecule has 1 N–H and O–H groups in total. The van der Waals surface area contributed by atoms with Crippen molar-refractivity contribution in [2.75, 3.05) is 13.2 Å². The van der Waals surface area contributed by atoms with Crippen molar-refractivity contribution >= 4 is 12.0 Å². The first-order valence-electron chi connectivity index (χ1n) is 7.36. The molecule has 0 aliphatic rings. The van der Waals surface area contributed by atoms with Gasteiger partial charge in [-0.15, -0.1) is 0 Å². The maximum atomic E-state index is 10.9. The molecule has 5 heteroatoms. The number of nitriles is 1. The third-order valence-electron chi connectivity index (χ3n) is 3.20. The Labute approximate surface area is 140 Å². The third-order valence-corrected chi connectivity index (χ3v) is 3.20. The summed E-state index contributed by atoms with van der Waals surface area (Å²) in [5, 5.41) is 17.8. The first-order chi connectivity index (χ1) is 11.6. The zero-order valence-corrected chi connectivity index (χ0v) is 13.2. The average molecular weight is 323 g/mol. The van der Waals surface area contributed by atoms with E-state index in [4.69, 9.17) is 19.8 Å². The molecular formula is C19H17NO4. The molecule has 0 spiro atoms. The number of hydrogen-bond acceptors (Lipinski definition) is 4. The standard InChI is InChI=1S/C19H17NO4/c1-14-6-8-17(9-7-14)23-10-11-24-18-5-3-2-4-15(18)12-16(13-20)19(21)22/h2-9,12H,10-11H2,1H3,(H,21,22). The molecule has 0 heterocycles. The lowest BCUT2D eigenvalue weighted by Gasteiger charge is -2.10. The predicted molar refractivity (Wildman–Crippen MR) is 89.8 cm³/mol. The minimum Gasteiger partial charge on any atom is -0.490 e. The lowest BCUT2D eigenvalue weighted by molar-refractivity contribution is -0.132. The highest BCUT2D eigenvalue weighted by Crippen LogP contribution is 2.21. The van der Waals surface area contributed by atoms with Crippen LogP contribution in [0.2, 0.25) is 0 Å². The van der Waals surface area contributed by atoms with Gasteiger partial charge in [-0.05, 0) is 31.2 Å². The molecule has 0 radical (unpaired) electrons. The number of para-hydroxylation sites is 1. The quantitative estimate of drug-likeness (QED) is 0.479.